The van der Waals surface area contributed by atoms with Gasteiger partial charge in [0.1, 0.15) is 12.5 Å². The number of fused-ring (bicyclic) bond motifs is 3. The number of rotatable bonds is 7. The van der Waals surface area contributed by atoms with E-state index in [0.717, 1.165) is 22.3 Å². The topological polar surface area (TPSA) is 114 Å². The highest BCUT2D eigenvalue weighted by atomic mass is 19.3. The summed E-state index contributed by atoms with van der Waals surface area (Å²) in [5, 5.41) is 13.8. The molecule has 2 amide bonds. The predicted molar refractivity (Wildman–Crippen MR) is 119 cm³/mol. The first-order chi connectivity index (χ1) is 16.8. The van der Waals surface area contributed by atoms with Crippen molar-refractivity contribution in [2.75, 3.05) is 19.8 Å². The molecule has 5 rings (SSSR count). The van der Waals surface area contributed by atoms with Crippen LogP contribution >= 0.6 is 0 Å². The number of alkyl halides is 2. The molecule has 1 aliphatic heterocycles. The van der Waals surface area contributed by atoms with Crippen LogP contribution in [0.4, 0.5) is 13.6 Å². The Bertz CT molecular complexity index is 1130. The number of hydrogen-bond acceptors (Lipinski definition) is 5. The number of carbonyl (C=O) groups is 3. The van der Waals surface area contributed by atoms with Crippen molar-refractivity contribution >= 4 is 18.0 Å². The molecular formula is C25H24F2N2O6. The maximum absolute atomic E-state index is 14.3. The molecule has 1 heterocycles. The number of benzene rings is 2. The fraction of sp³-hybridized carbons (Fsp3) is 0.400. The molecular weight excluding hydrogens is 462 g/mol. The molecule has 10 heteroatoms. The molecule has 35 heavy (non-hydrogen) atoms. The van der Waals surface area contributed by atoms with Crippen molar-refractivity contribution in [2.45, 2.75) is 30.4 Å². The molecule has 3 aliphatic rings. The number of nitrogens with one attached hydrogen (secondary N) is 2. The maximum Gasteiger partial charge on any atom is 0.407 e. The van der Waals surface area contributed by atoms with Crippen LogP contribution in [0.3, 0.4) is 0 Å². The average Bonchev–Trinajstić information content (AvgIpc) is 3.13. The van der Waals surface area contributed by atoms with Gasteiger partial charge in [0.15, 0.2) is 6.10 Å². The fourth-order valence-electron chi connectivity index (χ4n) is 5.10. The Hall–Kier alpha value is -3.53. The van der Waals surface area contributed by atoms with Gasteiger partial charge in [0.05, 0.1) is 12.0 Å². The van der Waals surface area contributed by atoms with Crippen LogP contribution in [0.5, 0.6) is 0 Å². The summed E-state index contributed by atoms with van der Waals surface area (Å²) in [6, 6.07) is 14.8. The van der Waals surface area contributed by atoms with Gasteiger partial charge in [-0.2, -0.15) is 0 Å². The van der Waals surface area contributed by atoms with E-state index in [4.69, 9.17) is 14.6 Å². The van der Waals surface area contributed by atoms with Crippen molar-refractivity contribution in [3.05, 3.63) is 59.7 Å². The number of hydrogen-bond donors (Lipinski definition) is 3. The van der Waals surface area contributed by atoms with Crippen molar-refractivity contribution in [1.82, 2.24) is 10.6 Å². The monoisotopic (exact) mass is 486 g/mol. The third kappa shape index (κ3) is 4.22. The molecule has 0 bridgehead atoms. The van der Waals surface area contributed by atoms with E-state index in [2.05, 4.69) is 10.6 Å². The van der Waals surface area contributed by atoms with Crippen LogP contribution in [0.15, 0.2) is 48.5 Å². The quantitative estimate of drug-likeness (QED) is 0.555. The van der Waals surface area contributed by atoms with Crippen LogP contribution in [0.1, 0.15) is 23.5 Å². The molecule has 0 aromatic heterocycles. The molecule has 1 saturated carbocycles. The van der Waals surface area contributed by atoms with Gasteiger partial charge in [0.2, 0.25) is 5.91 Å². The zero-order valence-electron chi connectivity index (χ0n) is 18.6. The Morgan fingerprint density at radius 1 is 1.06 bits per heavy atom. The second-order valence-electron chi connectivity index (χ2n) is 9.00. The van der Waals surface area contributed by atoms with Gasteiger partial charge in [-0.05, 0) is 28.7 Å². The first-order valence-corrected chi connectivity index (χ1v) is 11.4. The summed E-state index contributed by atoms with van der Waals surface area (Å²) < 4.78 is 38.9. The Labute approximate surface area is 199 Å². The molecule has 4 atom stereocenters. The van der Waals surface area contributed by atoms with Crippen molar-refractivity contribution in [1.29, 1.82) is 0 Å². The van der Waals surface area contributed by atoms with Crippen LogP contribution in [-0.4, -0.2) is 60.9 Å². The van der Waals surface area contributed by atoms with Gasteiger partial charge in [-0.3, -0.25) is 4.79 Å². The summed E-state index contributed by atoms with van der Waals surface area (Å²) in [4.78, 5) is 35.8. The minimum Gasteiger partial charge on any atom is -0.479 e. The van der Waals surface area contributed by atoms with E-state index in [1.165, 1.54) is 0 Å². The van der Waals surface area contributed by atoms with E-state index in [0.29, 0.717) is 0 Å². The van der Waals surface area contributed by atoms with Gasteiger partial charge in [-0.15, -0.1) is 0 Å². The van der Waals surface area contributed by atoms with E-state index in [1.54, 1.807) is 0 Å². The van der Waals surface area contributed by atoms with Gasteiger partial charge in [-0.25, -0.2) is 18.4 Å². The minimum absolute atomic E-state index is 0.0447. The van der Waals surface area contributed by atoms with Crippen molar-refractivity contribution in [3.8, 4) is 11.1 Å². The zero-order chi connectivity index (χ0) is 24.7. The molecule has 0 unspecified atom stereocenters. The molecule has 2 aromatic rings. The third-order valence-electron chi connectivity index (χ3n) is 6.96. The van der Waals surface area contributed by atoms with E-state index in [1.807, 2.05) is 48.5 Å². The summed E-state index contributed by atoms with van der Waals surface area (Å²) in [6.07, 6.45) is -1.88. The van der Waals surface area contributed by atoms with Crippen molar-refractivity contribution in [3.63, 3.8) is 0 Å². The van der Waals surface area contributed by atoms with Crippen molar-refractivity contribution < 1.29 is 37.7 Å². The lowest BCUT2D eigenvalue weighted by atomic mass is 9.98. The number of alkyl carbamates (subject to hydrolysis) is 1. The fourth-order valence-corrected chi connectivity index (χ4v) is 5.10. The highest BCUT2D eigenvalue weighted by Crippen LogP contribution is 2.55. The van der Waals surface area contributed by atoms with Gasteiger partial charge < -0.3 is 25.2 Å². The summed E-state index contributed by atoms with van der Waals surface area (Å²) in [5.74, 6) is -8.72. The molecule has 0 spiro atoms. The first kappa shape index (κ1) is 23.2. The largest absolute Gasteiger partial charge is 0.479 e. The Morgan fingerprint density at radius 2 is 1.69 bits per heavy atom. The first-order valence-electron chi connectivity index (χ1n) is 11.4. The summed E-state index contributed by atoms with van der Waals surface area (Å²) in [5.41, 5.74) is 4.20. The van der Waals surface area contributed by atoms with Crippen LogP contribution in [-0.2, 0) is 19.1 Å². The standard InChI is InChI=1S/C25H24F2N2O6/c26-25(27)18(20(25)22(30)29-19-9-10-34-21(19)23(31)32)11-28-24(33)35-12-17-15-7-3-1-5-13(15)14-6-2-4-8-16(14)17/h1-8,17-21H,9-12H2,(H,28,33)(H,29,30)(H,31,32)/t18-,19+,20-,21-/m0/s1. The molecule has 8 nitrogen and oxygen atoms in total. The highest BCUT2D eigenvalue weighted by Gasteiger charge is 2.71. The number of carboxylic acid groups (broad SMARTS) is 1. The molecule has 1 saturated heterocycles. The lowest BCUT2D eigenvalue weighted by molar-refractivity contribution is -0.148. The van der Waals surface area contributed by atoms with Gasteiger partial charge >= 0.3 is 12.1 Å². The van der Waals surface area contributed by atoms with Gasteiger partial charge in [-0.1, -0.05) is 48.5 Å². The number of amides is 2. The molecule has 2 aliphatic carbocycles. The third-order valence-corrected chi connectivity index (χ3v) is 6.96. The lowest BCUT2D eigenvalue weighted by Crippen LogP contribution is -2.45. The van der Waals surface area contributed by atoms with Gasteiger partial charge in [0, 0.05) is 19.1 Å². The van der Waals surface area contributed by atoms with Crippen LogP contribution in [0.25, 0.3) is 11.1 Å². The normalized spacial score (nSPS) is 25.9. The molecule has 2 aromatic carbocycles. The average molecular weight is 486 g/mol. The number of halogens is 2. The van der Waals surface area contributed by atoms with E-state index in [9.17, 15) is 23.2 Å². The van der Waals surface area contributed by atoms with E-state index < -0.39 is 54.4 Å². The Kier molecular flexibility index (Phi) is 5.92. The smallest absolute Gasteiger partial charge is 0.407 e. The Morgan fingerprint density at radius 3 is 2.31 bits per heavy atom. The minimum atomic E-state index is -3.31. The lowest BCUT2D eigenvalue weighted by Gasteiger charge is -2.16. The van der Waals surface area contributed by atoms with Crippen LogP contribution in [0, 0.1) is 11.8 Å². The molecule has 184 valence electrons. The molecule has 2 fully saturated rings. The van der Waals surface area contributed by atoms with Crippen molar-refractivity contribution in [2.24, 2.45) is 11.8 Å². The molecule has 3 N–H and O–H groups in total. The van der Waals surface area contributed by atoms with E-state index in [-0.39, 0.29) is 25.6 Å². The van der Waals surface area contributed by atoms with E-state index >= 15 is 0 Å². The zero-order valence-corrected chi connectivity index (χ0v) is 18.6. The SMILES string of the molecule is O=C(NC[C@H]1[C@@H](C(=O)N[C@@H]2CCO[C@@H]2C(=O)O)C1(F)F)OCC1c2ccccc2-c2ccccc21. The predicted octanol–water partition coefficient (Wildman–Crippen LogP) is 2.76. The highest BCUT2D eigenvalue weighted by molar-refractivity contribution is 5.85. The number of ether oxygens (including phenoxy) is 2. The number of carboxylic acids is 1. The Balaban J connectivity index is 1.14. The second-order valence-corrected chi connectivity index (χ2v) is 9.00. The van der Waals surface area contributed by atoms with Gasteiger partial charge in [0.25, 0.3) is 5.92 Å². The summed E-state index contributed by atoms with van der Waals surface area (Å²) in [6.45, 7) is -0.274. The summed E-state index contributed by atoms with van der Waals surface area (Å²) in [7, 11) is 0. The number of aliphatic carboxylic acids is 1. The van der Waals surface area contributed by atoms with Crippen LogP contribution < -0.4 is 10.6 Å². The summed E-state index contributed by atoms with van der Waals surface area (Å²) >= 11 is 0. The second kappa shape index (κ2) is 8.92. The van der Waals surface area contributed by atoms with Crippen LogP contribution in [0.2, 0.25) is 0 Å². The maximum atomic E-state index is 14.3. The molecule has 0 radical (unpaired) electrons. The number of carbonyl (C=O) groups excluding carboxylic acids is 2.